The molecule has 4 N–H and O–H groups in total. The summed E-state index contributed by atoms with van der Waals surface area (Å²) in [5.41, 5.74) is 3.40. The minimum atomic E-state index is -4.90. The minimum Gasteiger partial charge on any atom is -0.457 e. The molecule has 15 heteroatoms. The molecule has 0 atom stereocenters. The number of nitrogens with zero attached hydrogens (tertiary/aromatic N) is 2. The average molecular weight is 679 g/mol. The molecule has 0 bridgehead atoms. The van der Waals surface area contributed by atoms with Crippen molar-refractivity contribution in [3.8, 4) is 11.5 Å². The third kappa shape index (κ3) is 7.98. The number of hydrogen-bond acceptors (Lipinski definition) is 11. The lowest BCUT2D eigenvalue weighted by Gasteiger charge is -2.32. The predicted molar refractivity (Wildman–Crippen MR) is 175 cm³/mol. The molecule has 0 unspecified atom stereocenters. The van der Waals surface area contributed by atoms with E-state index in [1.807, 2.05) is 41.3 Å². The fourth-order valence-corrected chi connectivity index (χ4v) is 7.20. The van der Waals surface area contributed by atoms with Crippen molar-refractivity contribution < 1.29 is 40.5 Å². The van der Waals surface area contributed by atoms with Crippen LogP contribution in [-0.2, 0) is 34.6 Å². The predicted octanol–water partition coefficient (Wildman–Crippen LogP) is 4.03. The van der Waals surface area contributed by atoms with Crippen LogP contribution < -0.4 is 25.3 Å². The summed E-state index contributed by atoms with van der Waals surface area (Å²) < 4.78 is 73.8. The van der Waals surface area contributed by atoms with Gasteiger partial charge in [0.25, 0.3) is 20.1 Å². The van der Waals surface area contributed by atoms with Gasteiger partial charge in [0.2, 0.25) is 0 Å². The molecular formula is C31H42N4O9S2. The first-order chi connectivity index (χ1) is 22.0. The maximum Gasteiger partial charge on any atom is 0.294 e. The van der Waals surface area contributed by atoms with Gasteiger partial charge in [-0.1, -0.05) is 23.1 Å². The molecule has 0 radical (unpaired) electrons. The Labute approximate surface area is 270 Å². The number of sulfonamides is 1. The first kappa shape index (κ1) is 35.6. The zero-order chi connectivity index (χ0) is 33.5. The molecule has 0 aromatic heterocycles. The highest BCUT2D eigenvalue weighted by Crippen LogP contribution is 2.50. The fourth-order valence-electron chi connectivity index (χ4n) is 5.51. The summed E-state index contributed by atoms with van der Waals surface area (Å²) >= 11 is 0. The quantitative estimate of drug-likeness (QED) is 0.0834. The zero-order valence-electron chi connectivity index (χ0n) is 26.4. The molecule has 3 aromatic rings. The second-order valence-electron chi connectivity index (χ2n) is 10.4. The topological polar surface area (TPSA) is 170 Å². The highest BCUT2D eigenvalue weighted by Gasteiger charge is 2.34. The monoisotopic (exact) mass is 678 g/mol. The summed E-state index contributed by atoms with van der Waals surface area (Å²) in [5, 5.41) is 0. The molecule has 0 saturated heterocycles. The van der Waals surface area contributed by atoms with Crippen LogP contribution in [0.25, 0.3) is 0 Å². The van der Waals surface area contributed by atoms with Crippen molar-refractivity contribution in [3.63, 3.8) is 0 Å². The average Bonchev–Trinajstić information content (AvgIpc) is 3.03. The van der Waals surface area contributed by atoms with Gasteiger partial charge >= 0.3 is 0 Å². The molecule has 1 heterocycles. The van der Waals surface area contributed by atoms with Gasteiger partial charge in [-0.05, 0) is 57.5 Å². The van der Waals surface area contributed by atoms with Crippen molar-refractivity contribution in [2.24, 2.45) is 5.90 Å². The summed E-state index contributed by atoms with van der Waals surface area (Å²) in [6.07, 6.45) is 0. The Bertz CT molecular complexity index is 1650. The fraction of sp³-hybridized carbons (Fsp3) is 0.419. The maximum atomic E-state index is 13.0. The van der Waals surface area contributed by atoms with E-state index in [4.69, 9.17) is 20.2 Å². The third-order valence-electron chi connectivity index (χ3n) is 7.82. The van der Waals surface area contributed by atoms with Crippen molar-refractivity contribution in [2.45, 2.75) is 43.4 Å². The number of nitrogens with two attached hydrogens (primary N) is 1. The van der Waals surface area contributed by atoms with E-state index in [1.165, 1.54) is 12.1 Å². The molecule has 0 amide bonds. The van der Waals surface area contributed by atoms with Crippen LogP contribution in [0.5, 0.6) is 11.5 Å². The minimum absolute atomic E-state index is 0.0512. The van der Waals surface area contributed by atoms with Crippen molar-refractivity contribution in [3.05, 3.63) is 71.3 Å². The van der Waals surface area contributed by atoms with E-state index in [9.17, 15) is 21.4 Å². The lowest BCUT2D eigenvalue weighted by molar-refractivity contribution is 0.00215. The van der Waals surface area contributed by atoms with Crippen LogP contribution in [0.4, 0.5) is 11.4 Å². The Balaban J connectivity index is 1.80. The molecule has 13 nitrogen and oxygen atoms in total. The molecule has 4 rings (SSSR count). The van der Waals surface area contributed by atoms with E-state index in [1.54, 1.807) is 0 Å². The first-order valence-electron chi connectivity index (χ1n) is 15.1. The van der Waals surface area contributed by atoms with Crippen LogP contribution in [0.2, 0.25) is 0 Å². The molecule has 0 spiro atoms. The Morgan fingerprint density at radius 1 is 0.761 bits per heavy atom. The van der Waals surface area contributed by atoms with E-state index in [2.05, 4.69) is 42.3 Å². The largest absolute Gasteiger partial charge is 0.457 e. The number of anilines is 2. The van der Waals surface area contributed by atoms with Crippen molar-refractivity contribution in [2.75, 3.05) is 62.4 Å². The number of fused-ring (bicyclic) bond motifs is 2. The van der Waals surface area contributed by atoms with E-state index in [0.29, 0.717) is 22.6 Å². The number of nitrogens with one attached hydrogen (secondary N) is 1. The lowest BCUT2D eigenvalue weighted by atomic mass is 9.82. The Morgan fingerprint density at radius 3 is 1.78 bits per heavy atom. The summed E-state index contributed by atoms with van der Waals surface area (Å²) in [6, 6.07) is 15.1. The Kier molecular flexibility index (Phi) is 12.0. The van der Waals surface area contributed by atoms with E-state index < -0.39 is 35.9 Å². The summed E-state index contributed by atoms with van der Waals surface area (Å²) in [6.45, 7) is 11.6. The number of benzene rings is 3. The SMILES string of the molecule is CCN(CC)c1ccc2c(c1)Oc1cc(N(CC)CC)ccc1C2c1ccc(S(=O)(=O)NOCCOCCON)cc1S(=O)(=O)O. The summed E-state index contributed by atoms with van der Waals surface area (Å²) in [5.74, 6) is 5.28. The highest BCUT2D eigenvalue weighted by molar-refractivity contribution is 7.89. The van der Waals surface area contributed by atoms with Crippen LogP contribution in [0.3, 0.4) is 0 Å². The molecule has 46 heavy (non-hydrogen) atoms. The molecule has 0 aliphatic carbocycles. The van der Waals surface area contributed by atoms with E-state index in [-0.39, 0.29) is 32.0 Å². The van der Waals surface area contributed by atoms with Gasteiger partial charge in [0.15, 0.2) is 0 Å². The molecular weight excluding hydrogens is 636 g/mol. The van der Waals surface area contributed by atoms with E-state index >= 15 is 0 Å². The van der Waals surface area contributed by atoms with Gasteiger partial charge in [0.05, 0.1) is 36.2 Å². The second kappa shape index (κ2) is 15.5. The van der Waals surface area contributed by atoms with Crippen LogP contribution in [0.1, 0.15) is 50.3 Å². The van der Waals surface area contributed by atoms with Gasteiger partial charge in [-0.3, -0.25) is 9.39 Å². The number of ether oxygens (including phenoxy) is 2. The molecule has 0 saturated carbocycles. The van der Waals surface area contributed by atoms with Gasteiger partial charge in [-0.2, -0.15) is 8.42 Å². The van der Waals surface area contributed by atoms with Crippen molar-refractivity contribution >= 4 is 31.5 Å². The summed E-state index contributed by atoms with van der Waals surface area (Å²) in [7, 11) is -9.23. The Morgan fingerprint density at radius 2 is 1.28 bits per heavy atom. The second-order valence-corrected chi connectivity index (χ2v) is 13.5. The van der Waals surface area contributed by atoms with Crippen LogP contribution >= 0.6 is 0 Å². The van der Waals surface area contributed by atoms with Crippen LogP contribution in [0.15, 0.2) is 64.4 Å². The van der Waals surface area contributed by atoms with Crippen molar-refractivity contribution in [1.29, 1.82) is 0 Å². The molecule has 1 aliphatic rings. The maximum absolute atomic E-state index is 13.0. The molecule has 3 aromatic carbocycles. The van der Waals surface area contributed by atoms with Crippen LogP contribution in [-0.4, -0.2) is 74.0 Å². The Hall–Kier alpha value is -3.28. The van der Waals surface area contributed by atoms with Crippen LogP contribution in [0, 0.1) is 0 Å². The normalized spacial score (nSPS) is 13.2. The van der Waals surface area contributed by atoms with Gasteiger partial charge in [0, 0.05) is 66.7 Å². The van der Waals surface area contributed by atoms with E-state index in [0.717, 1.165) is 43.6 Å². The zero-order valence-corrected chi connectivity index (χ0v) is 28.1. The molecule has 0 fully saturated rings. The highest BCUT2D eigenvalue weighted by atomic mass is 32.2. The van der Waals surface area contributed by atoms with Gasteiger partial charge < -0.3 is 24.1 Å². The van der Waals surface area contributed by atoms with Gasteiger partial charge in [-0.25, -0.2) is 14.3 Å². The van der Waals surface area contributed by atoms with Gasteiger partial charge in [0.1, 0.15) is 11.5 Å². The molecule has 1 aliphatic heterocycles. The van der Waals surface area contributed by atoms with Crippen molar-refractivity contribution in [1.82, 2.24) is 4.89 Å². The number of rotatable bonds is 17. The standard InChI is InChI=1S/C31H42N4O9S2/c1-5-34(6-2)22-9-12-25-28(19-22)44-29-20-23(35(7-3)8-4)10-13-26(29)31(25)27-14-11-24(21-30(27)46(38,39)40)45(36,37)33-43-18-16-41-15-17-42-32/h9-14,19-21,31,33H,5-8,15-18,32H2,1-4H3,(H,38,39,40). The van der Waals surface area contributed by atoms with Gasteiger partial charge in [-0.15, -0.1) is 0 Å². The first-order valence-corrected chi connectivity index (χ1v) is 18.0. The third-order valence-corrected chi connectivity index (χ3v) is 9.94. The number of hydrogen-bond donors (Lipinski definition) is 3. The summed E-state index contributed by atoms with van der Waals surface area (Å²) in [4.78, 5) is 14.7. The molecule has 252 valence electrons. The smallest absolute Gasteiger partial charge is 0.294 e. The lowest BCUT2D eigenvalue weighted by Crippen LogP contribution is -2.26.